The lowest BCUT2D eigenvalue weighted by molar-refractivity contribution is -0.118. The molecule has 0 aromatic heterocycles. The Hall–Kier alpha value is -2.47. The molecule has 0 radical (unpaired) electrons. The highest BCUT2D eigenvalue weighted by molar-refractivity contribution is 7.99. The first kappa shape index (κ1) is 18.9. The van der Waals surface area contributed by atoms with Crippen molar-refractivity contribution in [2.24, 2.45) is 5.10 Å². The Morgan fingerprint density at radius 2 is 2.00 bits per heavy atom. The summed E-state index contributed by atoms with van der Waals surface area (Å²) in [4.78, 5) is 11.9. The van der Waals surface area contributed by atoms with Crippen LogP contribution in [0.25, 0.3) is 0 Å². The quantitative estimate of drug-likeness (QED) is 0.580. The molecule has 0 aliphatic carbocycles. The molecule has 1 amide bonds. The summed E-state index contributed by atoms with van der Waals surface area (Å²) in [7, 11) is 3.17. The fourth-order valence-electron chi connectivity index (χ4n) is 2.16. The van der Waals surface area contributed by atoms with Gasteiger partial charge in [0.15, 0.2) is 0 Å². The van der Waals surface area contributed by atoms with Gasteiger partial charge in [-0.2, -0.15) is 5.10 Å². The summed E-state index contributed by atoms with van der Waals surface area (Å²) in [5, 5.41) is 3.99. The predicted octanol–water partition coefficient (Wildman–Crippen LogP) is 3.40. The number of methoxy groups -OCH3 is 2. The molecule has 6 heteroatoms. The third kappa shape index (κ3) is 5.83. The second kappa shape index (κ2) is 9.74. The number of rotatable bonds is 8. The van der Waals surface area contributed by atoms with E-state index in [4.69, 9.17) is 9.47 Å². The van der Waals surface area contributed by atoms with E-state index in [1.807, 2.05) is 24.3 Å². The van der Waals surface area contributed by atoms with Crippen LogP contribution in [0.4, 0.5) is 0 Å². The summed E-state index contributed by atoms with van der Waals surface area (Å²) in [6.07, 6.45) is 1.56. The minimum absolute atomic E-state index is 0.137. The Bertz CT molecular complexity index is 747. The van der Waals surface area contributed by atoms with Gasteiger partial charge in [0.1, 0.15) is 11.5 Å². The lowest BCUT2D eigenvalue weighted by Crippen LogP contribution is -2.19. The van der Waals surface area contributed by atoms with Gasteiger partial charge in [-0.05, 0) is 30.2 Å². The van der Waals surface area contributed by atoms with Gasteiger partial charge in [-0.1, -0.05) is 24.3 Å². The number of benzene rings is 2. The van der Waals surface area contributed by atoms with Crippen LogP contribution in [0.15, 0.2) is 47.6 Å². The van der Waals surface area contributed by atoms with Crippen molar-refractivity contribution < 1.29 is 14.3 Å². The van der Waals surface area contributed by atoms with Crippen LogP contribution in [-0.4, -0.2) is 32.1 Å². The number of nitrogens with one attached hydrogen (secondary N) is 1. The van der Waals surface area contributed by atoms with Crippen molar-refractivity contribution in [2.75, 3.05) is 20.0 Å². The highest BCUT2D eigenvalue weighted by atomic mass is 32.2. The highest BCUT2D eigenvalue weighted by Gasteiger charge is 2.04. The average Bonchev–Trinajstić information content (AvgIpc) is 2.63. The second-order valence-electron chi connectivity index (χ2n) is 5.32. The number of hydrogen-bond acceptors (Lipinski definition) is 5. The Morgan fingerprint density at radius 1 is 1.20 bits per heavy atom. The first-order valence-electron chi connectivity index (χ1n) is 7.80. The van der Waals surface area contributed by atoms with Gasteiger partial charge in [0.05, 0.1) is 26.2 Å². The van der Waals surface area contributed by atoms with Gasteiger partial charge >= 0.3 is 0 Å². The van der Waals surface area contributed by atoms with E-state index in [9.17, 15) is 4.79 Å². The van der Waals surface area contributed by atoms with Crippen LogP contribution in [0.3, 0.4) is 0 Å². The lowest BCUT2D eigenvalue weighted by Gasteiger charge is -2.07. The van der Waals surface area contributed by atoms with Gasteiger partial charge in [-0.15, -0.1) is 11.8 Å². The molecular weight excluding hydrogens is 336 g/mol. The molecule has 5 nitrogen and oxygen atoms in total. The standard InChI is InChI=1S/C19H22N2O3S/c1-14-6-4-5-7-16(14)12-25-13-19(22)21-20-11-15-8-9-17(23-2)10-18(15)24-3/h4-11H,12-13H2,1-3H3,(H,21,22)/b20-11+. The largest absolute Gasteiger partial charge is 0.497 e. The number of carbonyl (C=O) groups is 1. The second-order valence-corrected chi connectivity index (χ2v) is 6.31. The lowest BCUT2D eigenvalue weighted by atomic mass is 10.1. The number of ether oxygens (including phenoxy) is 2. The molecule has 2 aromatic carbocycles. The van der Waals surface area contributed by atoms with Crippen LogP contribution >= 0.6 is 11.8 Å². The van der Waals surface area contributed by atoms with E-state index < -0.39 is 0 Å². The molecule has 0 saturated heterocycles. The summed E-state index contributed by atoms with van der Waals surface area (Å²) in [5.74, 6) is 2.35. The smallest absolute Gasteiger partial charge is 0.250 e. The molecule has 0 bridgehead atoms. The molecule has 0 fully saturated rings. The minimum atomic E-state index is -0.137. The topological polar surface area (TPSA) is 59.9 Å². The zero-order valence-electron chi connectivity index (χ0n) is 14.6. The molecule has 0 aliphatic rings. The average molecular weight is 358 g/mol. The third-order valence-electron chi connectivity index (χ3n) is 3.59. The van der Waals surface area contributed by atoms with Crippen molar-refractivity contribution in [3.63, 3.8) is 0 Å². The molecule has 0 unspecified atom stereocenters. The number of carbonyl (C=O) groups excluding carboxylic acids is 1. The number of amides is 1. The van der Waals surface area contributed by atoms with E-state index >= 15 is 0 Å². The zero-order valence-corrected chi connectivity index (χ0v) is 15.4. The Labute approximate surface area is 152 Å². The normalized spacial score (nSPS) is 10.7. The van der Waals surface area contributed by atoms with Gasteiger partial charge < -0.3 is 9.47 Å². The monoisotopic (exact) mass is 358 g/mol. The Kier molecular flexibility index (Phi) is 7.35. The third-order valence-corrected chi connectivity index (χ3v) is 4.57. The van der Waals surface area contributed by atoms with Gasteiger partial charge in [-0.25, -0.2) is 5.43 Å². The van der Waals surface area contributed by atoms with Crippen molar-refractivity contribution in [2.45, 2.75) is 12.7 Å². The first-order chi connectivity index (χ1) is 12.1. The van der Waals surface area contributed by atoms with Gasteiger partial charge in [0, 0.05) is 17.4 Å². The van der Waals surface area contributed by atoms with E-state index in [0.29, 0.717) is 17.3 Å². The van der Waals surface area contributed by atoms with E-state index in [-0.39, 0.29) is 5.91 Å². The molecule has 0 heterocycles. The van der Waals surface area contributed by atoms with E-state index in [2.05, 4.69) is 29.6 Å². The summed E-state index contributed by atoms with van der Waals surface area (Å²) in [6, 6.07) is 13.6. The highest BCUT2D eigenvalue weighted by Crippen LogP contribution is 2.23. The van der Waals surface area contributed by atoms with Crippen LogP contribution in [0.1, 0.15) is 16.7 Å². The number of nitrogens with zero attached hydrogens (tertiary/aromatic N) is 1. The van der Waals surface area contributed by atoms with Crippen LogP contribution in [0.2, 0.25) is 0 Å². The number of hydrogen-bond donors (Lipinski definition) is 1. The molecule has 0 aliphatic heterocycles. The number of aryl methyl sites for hydroxylation is 1. The molecule has 132 valence electrons. The van der Waals surface area contributed by atoms with Crippen molar-refractivity contribution in [1.29, 1.82) is 0 Å². The van der Waals surface area contributed by atoms with Crippen LogP contribution in [0.5, 0.6) is 11.5 Å². The van der Waals surface area contributed by atoms with E-state index in [1.54, 1.807) is 38.3 Å². The van der Waals surface area contributed by atoms with Crippen LogP contribution in [-0.2, 0) is 10.5 Å². The van der Waals surface area contributed by atoms with Crippen molar-refractivity contribution in [3.05, 3.63) is 59.2 Å². The van der Waals surface area contributed by atoms with Crippen molar-refractivity contribution in [3.8, 4) is 11.5 Å². The van der Waals surface area contributed by atoms with Crippen LogP contribution in [0, 0.1) is 6.92 Å². The Morgan fingerprint density at radius 3 is 2.72 bits per heavy atom. The fourth-order valence-corrected chi connectivity index (χ4v) is 3.05. The molecule has 0 spiro atoms. The summed E-state index contributed by atoms with van der Waals surface area (Å²) in [5.41, 5.74) is 5.77. The predicted molar refractivity (Wildman–Crippen MR) is 103 cm³/mol. The maximum Gasteiger partial charge on any atom is 0.250 e. The van der Waals surface area contributed by atoms with Gasteiger partial charge in [0.25, 0.3) is 0 Å². The number of hydrazone groups is 1. The molecular formula is C19H22N2O3S. The zero-order chi connectivity index (χ0) is 18.1. The fraction of sp³-hybridized carbons (Fsp3) is 0.263. The maximum atomic E-state index is 11.9. The summed E-state index contributed by atoms with van der Waals surface area (Å²) < 4.78 is 10.4. The molecule has 0 saturated carbocycles. The van der Waals surface area contributed by atoms with Crippen LogP contribution < -0.4 is 14.9 Å². The summed E-state index contributed by atoms with van der Waals surface area (Å²) in [6.45, 7) is 2.07. The summed E-state index contributed by atoms with van der Waals surface area (Å²) >= 11 is 1.56. The molecule has 25 heavy (non-hydrogen) atoms. The molecule has 0 atom stereocenters. The molecule has 2 aromatic rings. The first-order valence-corrected chi connectivity index (χ1v) is 8.95. The molecule has 1 N–H and O–H groups in total. The van der Waals surface area contributed by atoms with E-state index in [1.165, 1.54) is 11.1 Å². The minimum Gasteiger partial charge on any atom is -0.497 e. The maximum absolute atomic E-state index is 11.9. The Balaban J connectivity index is 1.81. The van der Waals surface area contributed by atoms with Crippen molar-refractivity contribution in [1.82, 2.24) is 5.43 Å². The van der Waals surface area contributed by atoms with E-state index in [0.717, 1.165) is 11.3 Å². The molecule has 2 rings (SSSR count). The van der Waals surface area contributed by atoms with Gasteiger partial charge in [-0.3, -0.25) is 4.79 Å². The SMILES string of the molecule is COc1ccc(/C=N/NC(=O)CSCc2ccccc2C)c(OC)c1. The van der Waals surface area contributed by atoms with Gasteiger partial charge in [0.2, 0.25) is 5.91 Å². The van der Waals surface area contributed by atoms with Crippen molar-refractivity contribution >= 4 is 23.9 Å². The number of thioether (sulfide) groups is 1.